The standard InChI is InChI=1S/C20H30Cl2N4O2/c1-20(2,3)23-18(27)13-25-7-9-26(10-8-25)19(28)14-24(4)12-15-5-6-16(21)11-17(15)22/h5-6,11H,7-10,12-14H2,1-4H3,(H,23,27). The van der Waals surface area contributed by atoms with Crippen LogP contribution in [0.25, 0.3) is 0 Å². The van der Waals surface area contributed by atoms with Crippen molar-refractivity contribution in [2.24, 2.45) is 0 Å². The van der Waals surface area contributed by atoms with E-state index in [1.807, 2.05) is 43.7 Å². The maximum absolute atomic E-state index is 12.6. The fourth-order valence-corrected chi connectivity index (χ4v) is 3.61. The molecule has 0 radical (unpaired) electrons. The number of nitrogens with zero attached hydrogens (tertiary/aromatic N) is 3. The second-order valence-corrected chi connectivity index (χ2v) is 9.21. The smallest absolute Gasteiger partial charge is 0.236 e. The molecular weight excluding hydrogens is 399 g/mol. The Morgan fingerprint density at radius 3 is 2.36 bits per heavy atom. The van der Waals surface area contributed by atoms with Crippen molar-refractivity contribution in [1.82, 2.24) is 20.0 Å². The average Bonchev–Trinajstić information content (AvgIpc) is 2.56. The van der Waals surface area contributed by atoms with E-state index in [1.54, 1.807) is 12.1 Å². The van der Waals surface area contributed by atoms with Crippen LogP contribution < -0.4 is 5.32 Å². The first-order chi connectivity index (χ1) is 13.0. The third-order valence-electron chi connectivity index (χ3n) is 4.47. The van der Waals surface area contributed by atoms with Crippen LogP contribution in [0.1, 0.15) is 26.3 Å². The molecule has 0 unspecified atom stereocenters. The van der Waals surface area contributed by atoms with E-state index < -0.39 is 0 Å². The first kappa shape index (κ1) is 22.9. The zero-order valence-electron chi connectivity index (χ0n) is 17.1. The van der Waals surface area contributed by atoms with Gasteiger partial charge in [-0.25, -0.2) is 0 Å². The molecule has 1 heterocycles. The molecule has 1 aliphatic heterocycles. The molecule has 28 heavy (non-hydrogen) atoms. The van der Waals surface area contributed by atoms with Crippen molar-refractivity contribution >= 4 is 35.0 Å². The van der Waals surface area contributed by atoms with Gasteiger partial charge in [-0.3, -0.25) is 19.4 Å². The van der Waals surface area contributed by atoms with Crippen molar-refractivity contribution in [3.63, 3.8) is 0 Å². The summed E-state index contributed by atoms with van der Waals surface area (Å²) in [7, 11) is 1.90. The van der Waals surface area contributed by atoms with Crippen molar-refractivity contribution in [2.45, 2.75) is 32.9 Å². The molecule has 8 heteroatoms. The molecule has 2 rings (SSSR count). The van der Waals surface area contributed by atoms with E-state index in [2.05, 4.69) is 10.2 Å². The van der Waals surface area contributed by atoms with E-state index in [0.717, 1.165) is 5.56 Å². The molecule has 2 amide bonds. The van der Waals surface area contributed by atoms with Crippen LogP contribution in [-0.2, 0) is 16.1 Å². The molecule has 0 aliphatic carbocycles. The molecule has 1 fully saturated rings. The van der Waals surface area contributed by atoms with Gasteiger partial charge in [-0.15, -0.1) is 0 Å². The summed E-state index contributed by atoms with van der Waals surface area (Å²) in [6.45, 7) is 9.85. The summed E-state index contributed by atoms with van der Waals surface area (Å²) in [6.07, 6.45) is 0. The summed E-state index contributed by atoms with van der Waals surface area (Å²) in [6, 6.07) is 5.39. The molecule has 0 saturated carbocycles. The lowest BCUT2D eigenvalue weighted by Gasteiger charge is -2.35. The molecule has 1 aromatic rings. The Labute approximate surface area is 177 Å². The number of hydrogen-bond acceptors (Lipinski definition) is 4. The van der Waals surface area contributed by atoms with Gasteiger partial charge >= 0.3 is 0 Å². The molecule has 1 saturated heterocycles. The Morgan fingerprint density at radius 2 is 1.79 bits per heavy atom. The third kappa shape index (κ3) is 7.59. The van der Waals surface area contributed by atoms with Crippen LogP contribution in [0.3, 0.4) is 0 Å². The minimum Gasteiger partial charge on any atom is -0.350 e. The van der Waals surface area contributed by atoms with Gasteiger partial charge in [0.1, 0.15) is 0 Å². The van der Waals surface area contributed by atoms with Crippen LogP contribution in [0, 0.1) is 0 Å². The van der Waals surface area contributed by atoms with Crippen molar-refractivity contribution < 1.29 is 9.59 Å². The first-order valence-corrected chi connectivity index (χ1v) is 10.2. The molecule has 0 bridgehead atoms. The van der Waals surface area contributed by atoms with Gasteiger partial charge in [-0.2, -0.15) is 0 Å². The summed E-state index contributed by atoms with van der Waals surface area (Å²) in [5.74, 6) is 0.109. The van der Waals surface area contributed by atoms with Gasteiger partial charge in [-0.05, 0) is 45.5 Å². The Bertz CT molecular complexity index is 698. The minimum atomic E-state index is -0.230. The number of nitrogens with one attached hydrogen (secondary N) is 1. The number of carbonyl (C=O) groups is 2. The summed E-state index contributed by atoms with van der Waals surface area (Å²) >= 11 is 12.1. The molecule has 1 aliphatic rings. The molecule has 0 aromatic heterocycles. The molecule has 0 spiro atoms. The fourth-order valence-electron chi connectivity index (χ4n) is 3.14. The number of likely N-dealkylation sites (N-methyl/N-ethyl adjacent to an activating group) is 1. The number of amides is 2. The lowest BCUT2D eigenvalue weighted by molar-refractivity contribution is -0.134. The Balaban J connectivity index is 1.76. The zero-order chi connectivity index (χ0) is 20.9. The van der Waals surface area contributed by atoms with Gasteiger partial charge in [0, 0.05) is 48.3 Å². The molecule has 156 valence electrons. The van der Waals surface area contributed by atoms with E-state index in [0.29, 0.717) is 55.9 Å². The summed E-state index contributed by atoms with van der Waals surface area (Å²) < 4.78 is 0. The molecular formula is C20H30Cl2N4O2. The quantitative estimate of drug-likeness (QED) is 0.755. The van der Waals surface area contributed by atoms with Crippen LogP contribution in [-0.4, -0.2) is 78.4 Å². The Hall–Kier alpha value is -1.34. The number of piperazine rings is 1. The van der Waals surface area contributed by atoms with E-state index >= 15 is 0 Å². The highest BCUT2D eigenvalue weighted by atomic mass is 35.5. The van der Waals surface area contributed by atoms with Crippen LogP contribution in [0.4, 0.5) is 0 Å². The van der Waals surface area contributed by atoms with Gasteiger partial charge < -0.3 is 10.2 Å². The van der Waals surface area contributed by atoms with Crippen LogP contribution in [0.15, 0.2) is 18.2 Å². The highest BCUT2D eigenvalue weighted by Gasteiger charge is 2.24. The molecule has 1 N–H and O–H groups in total. The van der Waals surface area contributed by atoms with Crippen molar-refractivity contribution in [2.75, 3.05) is 46.3 Å². The normalized spacial score (nSPS) is 15.8. The predicted molar refractivity (Wildman–Crippen MR) is 114 cm³/mol. The highest BCUT2D eigenvalue weighted by Crippen LogP contribution is 2.22. The van der Waals surface area contributed by atoms with Gasteiger partial charge in [0.2, 0.25) is 11.8 Å². The van der Waals surface area contributed by atoms with Crippen LogP contribution in [0.2, 0.25) is 10.0 Å². The van der Waals surface area contributed by atoms with Gasteiger partial charge in [0.05, 0.1) is 13.1 Å². The number of benzene rings is 1. The Morgan fingerprint density at radius 1 is 1.14 bits per heavy atom. The van der Waals surface area contributed by atoms with E-state index in [-0.39, 0.29) is 17.4 Å². The third-order valence-corrected chi connectivity index (χ3v) is 5.05. The maximum Gasteiger partial charge on any atom is 0.236 e. The van der Waals surface area contributed by atoms with E-state index in [1.165, 1.54) is 0 Å². The largest absolute Gasteiger partial charge is 0.350 e. The minimum absolute atomic E-state index is 0.0202. The SMILES string of the molecule is CN(CC(=O)N1CCN(CC(=O)NC(C)(C)C)CC1)Cc1ccc(Cl)cc1Cl. The van der Waals surface area contributed by atoms with Gasteiger partial charge in [0.15, 0.2) is 0 Å². The zero-order valence-corrected chi connectivity index (χ0v) is 18.6. The molecule has 1 aromatic carbocycles. The highest BCUT2D eigenvalue weighted by molar-refractivity contribution is 6.35. The van der Waals surface area contributed by atoms with E-state index in [4.69, 9.17) is 23.2 Å². The van der Waals surface area contributed by atoms with Crippen LogP contribution >= 0.6 is 23.2 Å². The lowest BCUT2D eigenvalue weighted by Crippen LogP contribution is -2.54. The summed E-state index contributed by atoms with van der Waals surface area (Å²) in [5.41, 5.74) is 0.711. The predicted octanol–water partition coefficient (Wildman–Crippen LogP) is 2.48. The van der Waals surface area contributed by atoms with Gasteiger partial charge in [-0.1, -0.05) is 29.3 Å². The second kappa shape index (κ2) is 9.92. The summed E-state index contributed by atoms with van der Waals surface area (Å²) in [5, 5.41) is 4.17. The Kier molecular flexibility index (Phi) is 8.13. The lowest BCUT2D eigenvalue weighted by atomic mass is 10.1. The topological polar surface area (TPSA) is 55.9 Å². The van der Waals surface area contributed by atoms with Crippen molar-refractivity contribution in [3.8, 4) is 0 Å². The molecule has 6 nitrogen and oxygen atoms in total. The van der Waals surface area contributed by atoms with Crippen molar-refractivity contribution in [3.05, 3.63) is 33.8 Å². The second-order valence-electron chi connectivity index (χ2n) is 8.36. The fraction of sp³-hybridized carbons (Fsp3) is 0.600. The average molecular weight is 429 g/mol. The number of carbonyl (C=O) groups excluding carboxylic acids is 2. The maximum atomic E-state index is 12.6. The number of halogens is 2. The number of rotatable bonds is 6. The van der Waals surface area contributed by atoms with Gasteiger partial charge in [0.25, 0.3) is 0 Å². The summed E-state index contributed by atoms with van der Waals surface area (Å²) in [4.78, 5) is 30.5. The first-order valence-electron chi connectivity index (χ1n) is 9.47. The van der Waals surface area contributed by atoms with Crippen LogP contribution in [0.5, 0.6) is 0 Å². The van der Waals surface area contributed by atoms with E-state index in [9.17, 15) is 9.59 Å². The monoisotopic (exact) mass is 428 g/mol. The van der Waals surface area contributed by atoms with Crippen molar-refractivity contribution in [1.29, 1.82) is 0 Å². The number of hydrogen-bond donors (Lipinski definition) is 1. The molecule has 0 atom stereocenters.